The third kappa shape index (κ3) is 2.66. The molecule has 1 heterocycles. The van der Waals surface area contributed by atoms with E-state index in [0.29, 0.717) is 22.7 Å². The van der Waals surface area contributed by atoms with Gasteiger partial charge in [-0.2, -0.15) is 0 Å². The Bertz CT molecular complexity index is 847. The van der Waals surface area contributed by atoms with E-state index in [1.807, 2.05) is 0 Å². The number of imidazole rings is 1. The van der Waals surface area contributed by atoms with Gasteiger partial charge in [0.15, 0.2) is 0 Å². The summed E-state index contributed by atoms with van der Waals surface area (Å²) < 4.78 is 13.1. The van der Waals surface area contributed by atoms with Gasteiger partial charge in [-0.25, -0.2) is 14.2 Å². The highest BCUT2D eigenvalue weighted by Crippen LogP contribution is 2.23. The van der Waals surface area contributed by atoms with Crippen molar-refractivity contribution in [2.24, 2.45) is 0 Å². The lowest BCUT2D eigenvalue weighted by atomic mass is 10.2. The maximum atomic E-state index is 13.1. The lowest BCUT2D eigenvalue weighted by molar-refractivity contribution is 0.0697. The van der Waals surface area contributed by atoms with Crippen molar-refractivity contribution in [3.8, 4) is 0 Å². The molecule has 0 saturated heterocycles. The first-order valence-electron chi connectivity index (χ1n) is 5.98. The minimum absolute atomic E-state index is 0.00396. The maximum Gasteiger partial charge on any atom is 0.335 e. The average molecular weight is 306 g/mol. The number of aromatic carboxylic acids is 1. The van der Waals surface area contributed by atoms with Crippen LogP contribution in [0.4, 0.5) is 16.0 Å². The number of carboxylic acids is 1. The molecule has 0 fully saturated rings. The Balaban J connectivity index is 1.93. The van der Waals surface area contributed by atoms with Crippen molar-refractivity contribution < 1.29 is 14.3 Å². The molecule has 0 radical (unpaired) electrons. The predicted molar refractivity (Wildman–Crippen MR) is 77.7 cm³/mol. The number of aromatic nitrogens is 2. The van der Waals surface area contributed by atoms with Crippen LogP contribution in [-0.2, 0) is 0 Å². The normalized spacial score (nSPS) is 10.8. The first kappa shape index (κ1) is 13.4. The molecule has 0 saturated carbocycles. The molecule has 0 aliphatic heterocycles. The van der Waals surface area contributed by atoms with Gasteiger partial charge in [0, 0.05) is 5.69 Å². The fourth-order valence-corrected chi connectivity index (χ4v) is 2.09. The second-order valence-electron chi connectivity index (χ2n) is 4.38. The second kappa shape index (κ2) is 5.06. The summed E-state index contributed by atoms with van der Waals surface area (Å²) in [5.41, 5.74) is 1.95. The predicted octanol–water partition coefficient (Wildman–Crippen LogP) is 3.80. The number of carboxylic acid groups (broad SMARTS) is 1. The first-order valence-corrected chi connectivity index (χ1v) is 6.36. The van der Waals surface area contributed by atoms with Crippen molar-refractivity contribution in [1.29, 1.82) is 0 Å². The van der Waals surface area contributed by atoms with Crippen LogP contribution in [0.5, 0.6) is 0 Å². The Kier molecular flexibility index (Phi) is 3.23. The van der Waals surface area contributed by atoms with Crippen molar-refractivity contribution in [3.63, 3.8) is 0 Å². The number of H-pyrrole nitrogens is 1. The molecular weight excluding hydrogens is 297 g/mol. The van der Waals surface area contributed by atoms with Gasteiger partial charge in [-0.3, -0.25) is 0 Å². The molecule has 0 spiro atoms. The number of hydrogen-bond acceptors (Lipinski definition) is 3. The number of halogens is 2. The van der Waals surface area contributed by atoms with Crippen LogP contribution in [0.2, 0.25) is 5.02 Å². The number of benzene rings is 2. The van der Waals surface area contributed by atoms with Crippen LogP contribution in [0.25, 0.3) is 11.0 Å². The van der Waals surface area contributed by atoms with Crippen LogP contribution in [0, 0.1) is 5.82 Å². The van der Waals surface area contributed by atoms with E-state index in [1.54, 1.807) is 6.07 Å². The molecule has 21 heavy (non-hydrogen) atoms. The number of nitrogens with one attached hydrogen (secondary N) is 2. The molecule has 0 atom stereocenters. The summed E-state index contributed by atoms with van der Waals surface area (Å²) in [6, 6.07) is 8.79. The summed E-state index contributed by atoms with van der Waals surface area (Å²) in [6.07, 6.45) is 0. The number of nitrogens with zero attached hydrogens (tertiary/aromatic N) is 1. The molecule has 0 unspecified atom stereocenters. The minimum Gasteiger partial charge on any atom is -0.478 e. The van der Waals surface area contributed by atoms with Crippen molar-refractivity contribution in [2.75, 3.05) is 5.32 Å². The zero-order valence-corrected chi connectivity index (χ0v) is 11.3. The van der Waals surface area contributed by atoms with Gasteiger partial charge < -0.3 is 15.4 Å². The fourth-order valence-electron chi connectivity index (χ4n) is 1.91. The Labute approximate surface area is 123 Å². The smallest absolute Gasteiger partial charge is 0.335 e. The van der Waals surface area contributed by atoms with E-state index >= 15 is 0 Å². The summed E-state index contributed by atoms with van der Waals surface area (Å²) in [5.74, 6) is -1.10. The molecule has 0 aliphatic carbocycles. The van der Waals surface area contributed by atoms with Crippen LogP contribution in [0.3, 0.4) is 0 Å². The Morgan fingerprint density at radius 1 is 1.29 bits per heavy atom. The summed E-state index contributed by atoms with van der Waals surface area (Å²) in [6.45, 7) is 0. The number of carbonyl (C=O) groups is 1. The molecule has 3 aromatic rings. The van der Waals surface area contributed by atoms with Gasteiger partial charge >= 0.3 is 5.97 Å². The molecule has 0 aliphatic rings. The largest absolute Gasteiger partial charge is 0.478 e. The number of aromatic amines is 1. The van der Waals surface area contributed by atoms with E-state index in [0.717, 1.165) is 0 Å². The van der Waals surface area contributed by atoms with Crippen LogP contribution >= 0.6 is 11.6 Å². The van der Waals surface area contributed by atoms with E-state index in [1.165, 1.54) is 30.3 Å². The van der Waals surface area contributed by atoms with Crippen LogP contribution in [0.15, 0.2) is 36.4 Å². The molecule has 2 aromatic carbocycles. The summed E-state index contributed by atoms with van der Waals surface area (Å²) in [4.78, 5) is 18.1. The van der Waals surface area contributed by atoms with Crippen molar-refractivity contribution in [2.45, 2.75) is 0 Å². The summed E-state index contributed by atoms with van der Waals surface area (Å²) in [7, 11) is 0. The highest BCUT2D eigenvalue weighted by Gasteiger charge is 2.08. The molecular formula is C14H9ClFN3O2. The third-order valence-electron chi connectivity index (χ3n) is 2.91. The molecule has 7 heteroatoms. The third-order valence-corrected chi connectivity index (χ3v) is 3.20. The summed E-state index contributed by atoms with van der Waals surface area (Å²) in [5, 5.41) is 11.9. The zero-order chi connectivity index (χ0) is 15.0. The van der Waals surface area contributed by atoms with E-state index in [2.05, 4.69) is 15.3 Å². The monoisotopic (exact) mass is 305 g/mol. The van der Waals surface area contributed by atoms with E-state index in [4.69, 9.17) is 16.7 Å². The number of anilines is 2. The highest BCUT2D eigenvalue weighted by molar-refractivity contribution is 6.31. The maximum absolute atomic E-state index is 13.1. The Morgan fingerprint density at radius 2 is 2.10 bits per heavy atom. The van der Waals surface area contributed by atoms with Gasteiger partial charge in [-0.05, 0) is 36.4 Å². The van der Waals surface area contributed by atoms with Gasteiger partial charge in [0.2, 0.25) is 5.95 Å². The fraction of sp³-hybridized carbons (Fsp3) is 0. The summed E-state index contributed by atoms with van der Waals surface area (Å²) >= 11 is 5.70. The standard InChI is InChI=1S/C14H9ClFN3O2/c15-9-6-8(2-3-10(9)16)17-14-18-11-4-1-7(13(20)21)5-12(11)19-14/h1-6H,(H,20,21)(H2,17,18,19). The van der Waals surface area contributed by atoms with Crippen LogP contribution in [0.1, 0.15) is 10.4 Å². The number of hydrogen-bond donors (Lipinski definition) is 3. The Hall–Kier alpha value is -2.60. The second-order valence-corrected chi connectivity index (χ2v) is 4.78. The van der Waals surface area contributed by atoms with E-state index < -0.39 is 11.8 Å². The lowest BCUT2D eigenvalue weighted by Gasteiger charge is -2.03. The molecule has 0 amide bonds. The lowest BCUT2D eigenvalue weighted by Crippen LogP contribution is -1.94. The van der Waals surface area contributed by atoms with E-state index in [-0.39, 0.29) is 10.6 Å². The SMILES string of the molecule is O=C(O)c1ccc2nc(Nc3ccc(F)c(Cl)c3)[nH]c2c1. The van der Waals surface area contributed by atoms with Gasteiger partial charge in [0.05, 0.1) is 21.6 Å². The Morgan fingerprint density at radius 3 is 2.81 bits per heavy atom. The average Bonchev–Trinajstić information content (AvgIpc) is 2.84. The van der Waals surface area contributed by atoms with Gasteiger partial charge in [-0.1, -0.05) is 11.6 Å². The van der Waals surface area contributed by atoms with Crippen molar-refractivity contribution >= 4 is 40.2 Å². The highest BCUT2D eigenvalue weighted by atomic mass is 35.5. The molecule has 3 N–H and O–H groups in total. The molecule has 106 valence electrons. The first-order chi connectivity index (χ1) is 10.0. The quantitative estimate of drug-likeness (QED) is 0.688. The molecule has 1 aromatic heterocycles. The molecule has 0 bridgehead atoms. The van der Waals surface area contributed by atoms with Gasteiger partial charge in [0.25, 0.3) is 0 Å². The van der Waals surface area contributed by atoms with Gasteiger partial charge in [-0.15, -0.1) is 0 Å². The van der Waals surface area contributed by atoms with Crippen molar-refractivity contribution in [1.82, 2.24) is 9.97 Å². The van der Waals surface area contributed by atoms with E-state index in [9.17, 15) is 9.18 Å². The topological polar surface area (TPSA) is 78.0 Å². The molecule has 5 nitrogen and oxygen atoms in total. The van der Waals surface area contributed by atoms with Crippen LogP contribution in [-0.4, -0.2) is 21.0 Å². The number of rotatable bonds is 3. The van der Waals surface area contributed by atoms with Gasteiger partial charge in [0.1, 0.15) is 5.82 Å². The zero-order valence-electron chi connectivity index (χ0n) is 10.5. The van der Waals surface area contributed by atoms with Crippen LogP contribution < -0.4 is 5.32 Å². The molecule has 3 rings (SSSR count). The number of fused-ring (bicyclic) bond motifs is 1. The van der Waals surface area contributed by atoms with Crippen molar-refractivity contribution in [3.05, 3.63) is 52.8 Å². The minimum atomic E-state index is -1.01.